The number of rotatable bonds is 3. The van der Waals surface area contributed by atoms with E-state index in [1.807, 2.05) is 12.1 Å². The van der Waals surface area contributed by atoms with E-state index in [-0.39, 0.29) is 0 Å². The second-order valence-corrected chi connectivity index (χ2v) is 4.33. The predicted octanol–water partition coefficient (Wildman–Crippen LogP) is 2.75. The molecule has 3 heteroatoms. The summed E-state index contributed by atoms with van der Waals surface area (Å²) in [6.07, 6.45) is 2.22. The van der Waals surface area contributed by atoms with Crippen LogP contribution in [0.2, 0.25) is 5.02 Å². The Bertz CT molecular complexity index is 352. The van der Waals surface area contributed by atoms with E-state index in [4.69, 9.17) is 16.7 Å². The van der Waals surface area contributed by atoms with Crippen molar-refractivity contribution in [3.63, 3.8) is 0 Å². The summed E-state index contributed by atoms with van der Waals surface area (Å²) in [5.41, 5.74) is 0.572. The Kier molecular flexibility index (Phi) is 2.23. The van der Waals surface area contributed by atoms with E-state index in [9.17, 15) is 4.79 Å². The molecule has 1 N–H and O–H groups in total. The second-order valence-electron chi connectivity index (χ2n) is 3.89. The fraction of sp³-hybridized carbons (Fsp3) is 0.364. The predicted molar refractivity (Wildman–Crippen MR) is 54.5 cm³/mol. The Morgan fingerprint density at radius 3 is 2.36 bits per heavy atom. The molecule has 0 bridgehead atoms. The van der Waals surface area contributed by atoms with Gasteiger partial charge in [-0.25, -0.2) is 0 Å². The van der Waals surface area contributed by atoms with Crippen LogP contribution in [-0.2, 0) is 11.2 Å². The van der Waals surface area contributed by atoms with E-state index < -0.39 is 11.4 Å². The summed E-state index contributed by atoms with van der Waals surface area (Å²) in [5.74, 6) is -0.674. The summed E-state index contributed by atoms with van der Waals surface area (Å²) >= 11 is 5.74. The maximum Gasteiger partial charge on any atom is 0.309 e. The summed E-state index contributed by atoms with van der Waals surface area (Å²) < 4.78 is 0. The number of carboxylic acid groups (broad SMARTS) is 1. The normalized spacial score (nSPS) is 17.8. The van der Waals surface area contributed by atoms with E-state index in [0.29, 0.717) is 11.4 Å². The highest BCUT2D eigenvalue weighted by Crippen LogP contribution is 2.48. The highest BCUT2D eigenvalue weighted by molar-refractivity contribution is 6.30. The molecule has 0 aromatic heterocycles. The van der Waals surface area contributed by atoms with Gasteiger partial charge in [0.05, 0.1) is 5.41 Å². The SMILES string of the molecule is O=C(O)C1(Cc2ccc(Cl)cc2)CC1. The Morgan fingerprint density at radius 2 is 1.93 bits per heavy atom. The van der Waals surface area contributed by atoms with Crippen LogP contribution in [0.1, 0.15) is 18.4 Å². The van der Waals surface area contributed by atoms with Crippen molar-refractivity contribution in [2.75, 3.05) is 0 Å². The largest absolute Gasteiger partial charge is 0.481 e. The molecule has 0 spiro atoms. The van der Waals surface area contributed by atoms with Crippen LogP contribution < -0.4 is 0 Å². The van der Waals surface area contributed by atoms with Crippen molar-refractivity contribution in [1.82, 2.24) is 0 Å². The maximum atomic E-state index is 10.9. The molecule has 1 saturated carbocycles. The topological polar surface area (TPSA) is 37.3 Å². The molecule has 1 fully saturated rings. The lowest BCUT2D eigenvalue weighted by molar-refractivity contribution is -0.143. The first kappa shape index (κ1) is 9.53. The molecule has 0 radical (unpaired) electrons. The first-order valence-electron chi connectivity index (χ1n) is 4.60. The molecule has 0 heterocycles. The quantitative estimate of drug-likeness (QED) is 0.833. The molecule has 1 aromatic rings. The Morgan fingerprint density at radius 1 is 1.36 bits per heavy atom. The molecular weight excluding hydrogens is 200 g/mol. The van der Waals surface area contributed by atoms with Gasteiger partial charge in [0, 0.05) is 5.02 Å². The van der Waals surface area contributed by atoms with Crippen LogP contribution in [0, 0.1) is 5.41 Å². The second kappa shape index (κ2) is 3.28. The van der Waals surface area contributed by atoms with Crippen LogP contribution in [0.5, 0.6) is 0 Å². The summed E-state index contributed by atoms with van der Waals surface area (Å²) in [4.78, 5) is 10.9. The van der Waals surface area contributed by atoms with Gasteiger partial charge in [0.2, 0.25) is 0 Å². The van der Waals surface area contributed by atoms with E-state index in [0.717, 1.165) is 18.4 Å². The number of carboxylic acids is 1. The minimum absolute atomic E-state index is 0.478. The third-order valence-electron chi connectivity index (χ3n) is 2.76. The highest BCUT2D eigenvalue weighted by atomic mass is 35.5. The Labute approximate surface area is 87.5 Å². The van der Waals surface area contributed by atoms with Gasteiger partial charge in [0.15, 0.2) is 0 Å². The number of aliphatic carboxylic acids is 1. The molecule has 0 saturated heterocycles. The van der Waals surface area contributed by atoms with Crippen molar-refractivity contribution in [3.05, 3.63) is 34.9 Å². The van der Waals surface area contributed by atoms with Crippen molar-refractivity contribution in [2.24, 2.45) is 5.41 Å². The zero-order valence-corrected chi connectivity index (χ0v) is 8.42. The first-order chi connectivity index (χ1) is 6.62. The summed E-state index contributed by atoms with van der Waals surface area (Å²) in [6, 6.07) is 7.39. The van der Waals surface area contributed by atoms with E-state index >= 15 is 0 Å². The molecule has 1 aromatic carbocycles. The molecule has 74 valence electrons. The van der Waals surface area contributed by atoms with Gasteiger partial charge in [-0.1, -0.05) is 23.7 Å². The fourth-order valence-corrected chi connectivity index (χ4v) is 1.74. The molecule has 0 unspecified atom stereocenters. The van der Waals surface area contributed by atoms with Gasteiger partial charge in [0.1, 0.15) is 0 Å². The van der Waals surface area contributed by atoms with Gasteiger partial charge in [-0.2, -0.15) is 0 Å². The van der Waals surface area contributed by atoms with Crippen LogP contribution >= 0.6 is 11.6 Å². The van der Waals surface area contributed by atoms with E-state index in [1.54, 1.807) is 12.1 Å². The lowest BCUT2D eigenvalue weighted by Crippen LogP contribution is -2.17. The third kappa shape index (κ3) is 1.75. The highest BCUT2D eigenvalue weighted by Gasteiger charge is 2.49. The third-order valence-corrected chi connectivity index (χ3v) is 3.01. The zero-order chi connectivity index (χ0) is 10.2. The van der Waals surface area contributed by atoms with Crippen molar-refractivity contribution in [1.29, 1.82) is 0 Å². The van der Waals surface area contributed by atoms with Crippen LogP contribution in [-0.4, -0.2) is 11.1 Å². The van der Waals surface area contributed by atoms with Crippen LogP contribution in [0.4, 0.5) is 0 Å². The standard InChI is InChI=1S/C11H11ClO2/c12-9-3-1-8(2-4-9)7-11(5-6-11)10(13)14/h1-4H,5-7H2,(H,13,14). The lowest BCUT2D eigenvalue weighted by Gasteiger charge is -2.08. The van der Waals surface area contributed by atoms with E-state index in [1.165, 1.54) is 0 Å². The Balaban J connectivity index is 2.11. The number of hydrogen-bond donors (Lipinski definition) is 1. The molecule has 1 aliphatic carbocycles. The minimum atomic E-state index is -0.674. The molecular formula is C11H11ClO2. The average Bonchev–Trinajstić information content (AvgIpc) is 2.90. The van der Waals surface area contributed by atoms with Crippen molar-refractivity contribution >= 4 is 17.6 Å². The molecule has 0 atom stereocenters. The molecule has 0 amide bonds. The summed E-state index contributed by atoms with van der Waals surface area (Å²) in [7, 11) is 0. The van der Waals surface area contributed by atoms with E-state index in [2.05, 4.69) is 0 Å². The first-order valence-corrected chi connectivity index (χ1v) is 4.98. The zero-order valence-electron chi connectivity index (χ0n) is 7.66. The van der Waals surface area contributed by atoms with Gasteiger partial charge in [0.25, 0.3) is 0 Å². The van der Waals surface area contributed by atoms with Crippen LogP contribution in [0.25, 0.3) is 0 Å². The molecule has 1 aliphatic rings. The van der Waals surface area contributed by atoms with Gasteiger partial charge < -0.3 is 5.11 Å². The van der Waals surface area contributed by atoms with Crippen molar-refractivity contribution in [2.45, 2.75) is 19.3 Å². The van der Waals surface area contributed by atoms with Gasteiger partial charge in [-0.3, -0.25) is 4.79 Å². The monoisotopic (exact) mass is 210 g/mol. The number of carbonyl (C=O) groups is 1. The molecule has 2 nitrogen and oxygen atoms in total. The minimum Gasteiger partial charge on any atom is -0.481 e. The number of hydrogen-bond acceptors (Lipinski definition) is 1. The summed E-state index contributed by atoms with van der Waals surface area (Å²) in [5, 5.41) is 9.68. The van der Waals surface area contributed by atoms with Gasteiger partial charge in [-0.05, 0) is 37.0 Å². The Hall–Kier alpha value is -1.02. The maximum absolute atomic E-state index is 10.9. The average molecular weight is 211 g/mol. The van der Waals surface area contributed by atoms with Crippen LogP contribution in [0.3, 0.4) is 0 Å². The van der Waals surface area contributed by atoms with Gasteiger partial charge in [-0.15, -0.1) is 0 Å². The van der Waals surface area contributed by atoms with Crippen molar-refractivity contribution in [3.8, 4) is 0 Å². The van der Waals surface area contributed by atoms with Crippen LogP contribution in [0.15, 0.2) is 24.3 Å². The van der Waals surface area contributed by atoms with Crippen molar-refractivity contribution < 1.29 is 9.90 Å². The lowest BCUT2D eigenvalue weighted by atomic mass is 9.97. The fourth-order valence-electron chi connectivity index (χ4n) is 1.61. The number of halogens is 1. The molecule has 14 heavy (non-hydrogen) atoms. The molecule has 0 aliphatic heterocycles. The summed E-state index contributed by atoms with van der Waals surface area (Å²) in [6.45, 7) is 0. The smallest absolute Gasteiger partial charge is 0.309 e. The van der Waals surface area contributed by atoms with Gasteiger partial charge >= 0.3 is 5.97 Å². The molecule has 2 rings (SSSR count). The number of benzene rings is 1.